The van der Waals surface area contributed by atoms with E-state index in [1.165, 1.54) is 37.9 Å². The summed E-state index contributed by atoms with van der Waals surface area (Å²) >= 11 is 0. The minimum absolute atomic E-state index is 0.101. The largest absolute Gasteiger partial charge is 0.384 e. The third kappa shape index (κ3) is 4.11. The number of H-pyrrole nitrogens is 1. The van der Waals surface area contributed by atoms with E-state index in [0.29, 0.717) is 23.0 Å². The lowest BCUT2D eigenvalue weighted by Gasteiger charge is -2.28. The number of halogens is 1. The van der Waals surface area contributed by atoms with Crippen molar-refractivity contribution in [3.05, 3.63) is 41.5 Å². The quantitative estimate of drug-likeness (QED) is 0.604. The molecule has 7 nitrogen and oxygen atoms in total. The lowest BCUT2D eigenvalue weighted by Crippen LogP contribution is -2.34. The molecule has 4 rings (SSSR count). The van der Waals surface area contributed by atoms with Gasteiger partial charge in [-0.3, -0.25) is 4.98 Å². The Morgan fingerprint density at radius 2 is 2.04 bits per heavy atom. The van der Waals surface area contributed by atoms with Crippen LogP contribution in [0.15, 0.2) is 24.5 Å². The molecule has 4 N–H and O–H groups in total. The van der Waals surface area contributed by atoms with Crippen molar-refractivity contribution >= 4 is 17.0 Å². The summed E-state index contributed by atoms with van der Waals surface area (Å²) < 4.78 is 13.9. The molecular weight excluding hydrogens is 357 g/mol. The van der Waals surface area contributed by atoms with Gasteiger partial charge in [0.05, 0.1) is 6.20 Å². The van der Waals surface area contributed by atoms with E-state index in [-0.39, 0.29) is 11.7 Å². The Labute approximate surface area is 163 Å². The Bertz CT molecular complexity index is 933. The first kappa shape index (κ1) is 18.7. The molecule has 0 radical (unpaired) electrons. The summed E-state index contributed by atoms with van der Waals surface area (Å²) in [5.74, 6) is 0.746. The van der Waals surface area contributed by atoms with Gasteiger partial charge in [0, 0.05) is 18.2 Å². The Morgan fingerprint density at radius 3 is 2.82 bits per heavy atom. The molecule has 1 aliphatic rings. The minimum Gasteiger partial charge on any atom is -0.384 e. The Kier molecular flexibility index (Phi) is 5.47. The van der Waals surface area contributed by atoms with Gasteiger partial charge in [0.15, 0.2) is 0 Å². The van der Waals surface area contributed by atoms with Gasteiger partial charge >= 0.3 is 0 Å². The average Bonchev–Trinajstić information content (AvgIpc) is 3.14. The fraction of sp³-hybridized carbons (Fsp3) is 0.500. The zero-order valence-electron chi connectivity index (χ0n) is 16.0. The molecule has 0 spiro atoms. The maximum Gasteiger partial charge on any atom is 0.203 e. The van der Waals surface area contributed by atoms with Crippen molar-refractivity contribution in [3.63, 3.8) is 0 Å². The van der Waals surface area contributed by atoms with Crippen molar-refractivity contribution in [1.29, 1.82) is 0 Å². The number of aromatic amines is 1. The van der Waals surface area contributed by atoms with Crippen molar-refractivity contribution in [2.75, 3.05) is 12.3 Å². The number of nitrogen functional groups attached to an aromatic ring is 1. The molecule has 148 valence electrons. The second-order valence-corrected chi connectivity index (χ2v) is 7.82. The Hall–Kier alpha value is -2.61. The van der Waals surface area contributed by atoms with Crippen LogP contribution in [0.3, 0.4) is 0 Å². The molecule has 1 atom stereocenters. The highest BCUT2D eigenvalue weighted by molar-refractivity contribution is 5.77. The first-order valence-electron chi connectivity index (χ1n) is 9.91. The van der Waals surface area contributed by atoms with Crippen LogP contribution in [0.1, 0.15) is 56.1 Å². The van der Waals surface area contributed by atoms with Crippen LogP contribution in [0.4, 0.5) is 10.2 Å². The molecule has 0 bridgehead atoms. The summed E-state index contributed by atoms with van der Waals surface area (Å²) in [4.78, 5) is 8.26. The summed E-state index contributed by atoms with van der Waals surface area (Å²) in [5.41, 5.74) is 8.81. The number of fused-ring (bicyclic) bond motifs is 1. The first-order valence-corrected chi connectivity index (χ1v) is 9.91. The van der Waals surface area contributed by atoms with Gasteiger partial charge in [-0.2, -0.15) is 10.3 Å². The van der Waals surface area contributed by atoms with Crippen molar-refractivity contribution < 1.29 is 4.39 Å². The Morgan fingerprint density at radius 1 is 1.21 bits per heavy atom. The van der Waals surface area contributed by atoms with Crippen LogP contribution >= 0.6 is 0 Å². The molecule has 1 aliphatic carbocycles. The molecular formula is C20H26FN7. The zero-order chi connectivity index (χ0) is 19.5. The number of hydrogen-bond donors (Lipinski definition) is 3. The van der Waals surface area contributed by atoms with E-state index < -0.39 is 0 Å². The number of nitrogens with two attached hydrogens (primary N) is 1. The van der Waals surface area contributed by atoms with Gasteiger partial charge in [-0.1, -0.05) is 6.92 Å². The number of pyridine rings is 2. The second-order valence-electron chi connectivity index (χ2n) is 7.82. The fourth-order valence-electron chi connectivity index (χ4n) is 4.16. The standard InChI is InChI=1S/C20H26FN7/c1-12-2-4-15(5-3-12)24-7-6-16(13-8-14(21)11-23-10-13)17-9-18(22)25-20-19(17)26-28-27-20/h8-12,15-16,24H,2-7H2,1H3,(H3,22,25,26,27,28). The molecule has 1 unspecified atom stereocenters. The van der Waals surface area contributed by atoms with Gasteiger partial charge in [0.2, 0.25) is 5.65 Å². The molecule has 3 aromatic rings. The van der Waals surface area contributed by atoms with Crippen LogP contribution in [0, 0.1) is 11.7 Å². The van der Waals surface area contributed by atoms with Crippen LogP contribution in [-0.2, 0) is 0 Å². The molecule has 3 aromatic heterocycles. The van der Waals surface area contributed by atoms with Crippen LogP contribution in [0.2, 0.25) is 0 Å². The SMILES string of the molecule is CC1CCC(NCCC(c2cncc(F)c2)c2cc(N)nc3n[nH]nc23)CC1. The van der Waals surface area contributed by atoms with Crippen LogP contribution in [0.25, 0.3) is 11.2 Å². The predicted molar refractivity (Wildman–Crippen MR) is 106 cm³/mol. The molecule has 1 fully saturated rings. The normalized spacial score (nSPS) is 21.1. The maximum absolute atomic E-state index is 13.9. The first-order chi connectivity index (χ1) is 13.6. The minimum atomic E-state index is -0.352. The van der Waals surface area contributed by atoms with E-state index >= 15 is 0 Å². The maximum atomic E-state index is 13.9. The fourth-order valence-corrected chi connectivity index (χ4v) is 4.16. The van der Waals surface area contributed by atoms with Crippen LogP contribution in [-0.4, -0.2) is 38.0 Å². The summed E-state index contributed by atoms with van der Waals surface area (Å²) in [6.45, 7) is 3.14. The summed E-state index contributed by atoms with van der Waals surface area (Å²) in [6, 6.07) is 3.89. The smallest absolute Gasteiger partial charge is 0.203 e. The topological polar surface area (TPSA) is 105 Å². The summed E-state index contributed by atoms with van der Waals surface area (Å²) in [5, 5.41) is 14.6. The van der Waals surface area contributed by atoms with Crippen molar-refractivity contribution in [3.8, 4) is 0 Å². The number of aromatic nitrogens is 5. The van der Waals surface area contributed by atoms with E-state index in [0.717, 1.165) is 30.0 Å². The highest BCUT2D eigenvalue weighted by Crippen LogP contribution is 2.32. The molecule has 28 heavy (non-hydrogen) atoms. The molecule has 8 heteroatoms. The third-order valence-electron chi connectivity index (χ3n) is 5.73. The van der Waals surface area contributed by atoms with Gasteiger partial charge in [-0.25, -0.2) is 9.37 Å². The lowest BCUT2D eigenvalue weighted by atomic mass is 9.86. The van der Waals surface area contributed by atoms with E-state index in [4.69, 9.17) is 5.73 Å². The van der Waals surface area contributed by atoms with Gasteiger partial charge < -0.3 is 11.1 Å². The number of rotatable bonds is 6. The summed E-state index contributed by atoms with van der Waals surface area (Å²) in [7, 11) is 0. The van der Waals surface area contributed by atoms with Crippen molar-refractivity contribution in [2.24, 2.45) is 5.92 Å². The molecule has 3 heterocycles. The van der Waals surface area contributed by atoms with E-state index in [2.05, 4.69) is 37.6 Å². The third-order valence-corrected chi connectivity index (χ3v) is 5.73. The number of hydrogen-bond acceptors (Lipinski definition) is 6. The highest BCUT2D eigenvalue weighted by atomic mass is 19.1. The van der Waals surface area contributed by atoms with E-state index in [9.17, 15) is 4.39 Å². The number of nitrogens with one attached hydrogen (secondary N) is 2. The molecule has 0 saturated heterocycles. The lowest BCUT2D eigenvalue weighted by molar-refractivity contribution is 0.306. The number of anilines is 1. The molecule has 0 amide bonds. The average molecular weight is 383 g/mol. The number of nitrogens with zero attached hydrogens (tertiary/aromatic N) is 4. The van der Waals surface area contributed by atoms with Gasteiger partial charge in [0.25, 0.3) is 0 Å². The van der Waals surface area contributed by atoms with Gasteiger partial charge in [-0.05, 0) is 67.8 Å². The van der Waals surface area contributed by atoms with Crippen molar-refractivity contribution in [2.45, 2.75) is 51.0 Å². The molecule has 0 aliphatic heterocycles. The molecule has 1 saturated carbocycles. The van der Waals surface area contributed by atoms with Crippen LogP contribution < -0.4 is 11.1 Å². The Balaban J connectivity index is 1.58. The molecule has 0 aromatic carbocycles. The van der Waals surface area contributed by atoms with Crippen LogP contribution in [0.5, 0.6) is 0 Å². The van der Waals surface area contributed by atoms with Gasteiger partial charge in [-0.15, -0.1) is 5.10 Å². The predicted octanol–water partition coefficient (Wildman–Crippen LogP) is 3.16. The summed E-state index contributed by atoms with van der Waals surface area (Å²) in [6.07, 6.45) is 8.67. The van der Waals surface area contributed by atoms with Crippen molar-refractivity contribution in [1.82, 2.24) is 30.7 Å². The monoisotopic (exact) mass is 383 g/mol. The highest BCUT2D eigenvalue weighted by Gasteiger charge is 2.22. The van der Waals surface area contributed by atoms with E-state index in [1.807, 2.05) is 6.07 Å². The zero-order valence-corrected chi connectivity index (χ0v) is 16.0. The van der Waals surface area contributed by atoms with Gasteiger partial charge in [0.1, 0.15) is 17.2 Å². The van der Waals surface area contributed by atoms with E-state index in [1.54, 1.807) is 6.20 Å². The second kappa shape index (κ2) is 8.18.